The number of ether oxygens (including phenoxy) is 1. The molecule has 4 rings (SSSR count). The van der Waals surface area contributed by atoms with E-state index < -0.39 is 0 Å². The number of aliphatic imine (C=N–C) groups is 2. The third kappa shape index (κ3) is 4.22. The summed E-state index contributed by atoms with van der Waals surface area (Å²) in [7, 11) is 0. The number of nitrogens with one attached hydrogen (secondary N) is 1. The first-order valence-electron chi connectivity index (χ1n) is 9.88. The fraction of sp³-hybridized carbons (Fsp3) is 0.318. The van der Waals surface area contributed by atoms with Crippen LogP contribution in [0.1, 0.15) is 37.3 Å². The standard InChI is InChI=1S/C22H23N5OS/c1-2-12-29-26-20-6-5-7-21(18(20)14-23)28-16-8-9-19-17(13-16)22-24-10-3-4-11-27(22)15-25-19/h5-9,13,15,26H,2-4,10-12H2,1H3. The summed E-state index contributed by atoms with van der Waals surface area (Å²) in [6.07, 6.45) is 5.12. The van der Waals surface area contributed by atoms with Gasteiger partial charge in [0.05, 0.1) is 17.7 Å². The molecule has 148 valence electrons. The molecule has 1 N–H and O–H groups in total. The molecule has 2 heterocycles. The number of hydrogen-bond donors (Lipinski definition) is 1. The molecule has 0 aliphatic carbocycles. The molecule has 0 saturated carbocycles. The monoisotopic (exact) mass is 405 g/mol. The van der Waals surface area contributed by atoms with Crippen molar-refractivity contribution in [2.45, 2.75) is 26.2 Å². The molecule has 7 heteroatoms. The maximum absolute atomic E-state index is 9.69. The van der Waals surface area contributed by atoms with Crippen LogP contribution < -0.4 is 9.46 Å². The summed E-state index contributed by atoms with van der Waals surface area (Å²) >= 11 is 1.59. The topological polar surface area (TPSA) is 73.0 Å². The molecule has 29 heavy (non-hydrogen) atoms. The molecule has 0 saturated heterocycles. The zero-order valence-corrected chi connectivity index (χ0v) is 17.2. The number of nitrogens with zero attached hydrogens (tertiary/aromatic N) is 4. The lowest BCUT2D eigenvalue weighted by atomic mass is 10.1. The van der Waals surface area contributed by atoms with Crippen LogP contribution in [0.15, 0.2) is 46.4 Å². The molecule has 0 unspecified atom stereocenters. The molecule has 2 aliphatic heterocycles. The molecule has 0 fully saturated rings. The molecule has 0 radical (unpaired) electrons. The zero-order chi connectivity index (χ0) is 20.1. The minimum absolute atomic E-state index is 0.500. The van der Waals surface area contributed by atoms with Gasteiger partial charge in [0.1, 0.15) is 29.0 Å². The summed E-state index contributed by atoms with van der Waals surface area (Å²) in [5.41, 5.74) is 3.13. The number of nitriles is 1. The van der Waals surface area contributed by atoms with Gasteiger partial charge in [-0.25, -0.2) is 4.99 Å². The van der Waals surface area contributed by atoms with Gasteiger partial charge in [-0.15, -0.1) is 0 Å². The average Bonchev–Trinajstić information content (AvgIpc) is 3.00. The van der Waals surface area contributed by atoms with E-state index in [2.05, 4.69) is 27.6 Å². The van der Waals surface area contributed by atoms with Crippen LogP contribution in [0.25, 0.3) is 0 Å². The lowest BCUT2D eigenvalue weighted by molar-refractivity contribution is 0.481. The summed E-state index contributed by atoms with van der Waals surface area (Å²) in [5, 5.41) is 9.69. The van der Waals surface area contributed by atoms with Crippen molar-refractivity contribution in [1.82, 2.24) is 4.90 Å². The fourth-order valence-corrected chi connectivity index (χ4v) is 3.94. The Kier molecular flexibility index (Phi) is 6.01. The molecule has 2 aromatic rings. The predicted molar refractivity (Wildman–Crippen MR) is 120 cm³/mol. The number of anilines is 1. The summed E-state index contributed by atoms with van der Waals surface area (Å²) < 4.78 is 9.38. The number of rotatable bonds is 6. The fourth-order valence-electron chi connectivity index (χ4n) is 3.30. The Labute approximate surface area is 175 Å². The Morgan fingerprint density at radius 2 is 2.21 bits per heavy atom. The van der Waals surface area contributed by atoms with Crippen molar-refractivity contribution >= 4 is 35.5 Å². The van der Waals surface area contributed by atoms with E-state index in [0.717, 1.165) is 60.9 Å². The maximum atomic E-state index is 9.69. The van der Waals surface area contributed by atoms with E-state index in [9.17, 15) is 5.26 Å². The van der Waals surface area contributed by atoms with Crippen molar-refractivity contribution in [3.05, 3.63) is 47.5 Å². The normalized spacial score (nSPS) is 14.9. The smallest absolute Gasteiger partial charge is 0.147 e. The Morgan fingerprint density at radius 1 is 1.28 bits per heavy atom. The van der Waals surface area contributed by atoms with Gasteiger partial charge >= 0.3 is 0 Å². The van der Waals surface area contributed by atoms with Crippen LogP contribution >= 0.6 is 11.9 Å². The molecule has 6 nitrogen and oxygen atoms in total. The van der Waals surface area contributed by atoms with Crippen molar-refractivity contribution in [2.75, 3.05) is 23.6 Å². The second kappa shape index (κ2) is 9.01. The third-order valence-corrected chi connectivity index (χ3v) is 5.72. The summed E-state index contributed by atoms with van der Waals surface area (Å²) in [5.74, 6) is 3.13. The van der Waals surface area contributed by atoms with Crippen molar-refractivity contribution < 1.29 is 4.74 Å². The highest BCUT2D eigenvalue weighted by Gasteiger charge is 2.22. The highest BCUT2D eigenvalue weighted by molar-refractivity contribution is 8.00. The molecule has 2 aromatic carbocycles. The maximum Gasteiger partial charge on any atom is 0.147 e. The lowest BCUT2D eigenvalue weighted by Crippen LogP contribution is -2.32. The van der Waals surface area contributed by atoms with Gasteiger partial charge in [-0.1, -0.05) is 24.9 Å². The van der Waals surface area contributed by atoms with Crippen molar-refractivity contribution in [1.29, 1.82) is 5.26 Å². The van der Waals surface area contributed by atoms with E-state index in [1.54, 1.807) is 11.9 Å². The summed E-state index contributed by atoms with van der Waals surface area (Å²) in [6.45, 7) is 3.87. The Balaban J connectivity index is 1.62. The quantitative estimate of drug-likeness (QED) is 0.519. The van der Waals surface area contributed by atoms with Gasteiger partial charge in [0.2, 0.25) is 0 Å². The van der Waals surface area contributed by atoms with Gasteiger partial charge in [0.25, 0.3) is 0 Å². The van der Waals surface area contributed by atoms with E-state index in [4.69, 9.17) is 9.73 Å². The van der Waals surface area contributed by atoms with Gasteiger partial charge in [0, 0.05) is 24.4 Å². The number of benzene rings is 2. The van der Waals surface area contributed by atoms with E-state index in [-0.39, 0.29) is 0 Å². The molecule has 0 aromatic heterocycles. The van der Waals surface area contributed by atoms with Gasteiger partial charge in [0.15, 0.2) is 0 Å². The van der Waals surface area contributed by atoms with Crippen molar-refractivity contribution in [3.8, 4) is 17.6 Å². The first-order valence-corrected chi connectivity index (χ1v) is 10.9. The van der Waals surface area contributed by atoms with Gasteiger partial charge < -0.3 is 14.4 Å². The number of amidine groups is 1. The van der Waals surface area contributed by atoms with Crippen LogP contribution in [0.3, 0.4) is 0 Å². The lowest BCUT2D eigenvalue weighted by Gasteiger charge is -2.25. The Hall–Kier alpha value is -2.98. The molecule has 0 atom stereocenters. The molecule has 2 aliphatic rings. The number of hydrogen-bond acceptors (Lipinski definition) is 7. The average molecular weight is 406 g/mol. The van der Waals surface area contributed by atoms with E-state index in [1.807, 2.05) is 42.7 Å². The minimum atomic E-state index is 0.500. The van der Waals surface area contributed by atoms with Gasteiger partial charge in [-0.2, -0.15) is 5.26 Å². The second-order valence-corrected chi connectivity index (χ2v) is 7.77. The van der Waals surface area contributed by atoms with Gasteiger partial charge in [-0.05, 0) is 49.6 Å². The largest absolute Gasteiger partial charge is 0.456 e. The van der Waals surface area contributed by atoms with Crippen LogP contribution in [0, 0.1) is 11.3 Å². The first kappa shape index (κ1) is 19.3. The second-order valence-electron chi connectivity index (χ2n) is 6.87. The Morgan fingerprint density at radius 3 is 3.07 bits per heavy atom. The zero-order valence-electron chi connectivity index (χ0n) is 16.4. The molecular weight excluding hydrogens is 382 g/mol. The van der Waals surface area contributed by atoms with E-state index >= 15 is 0 Å². The van der Waals surface area contributed by atoms with Crippen molar-refractivity contribution in [3.63, 3.8) is 0 Å². The third-order valence-electron chi connectivity index (χ3n) is 4.74. The SMILES string of the molecule is CCCSNc1cccc(Oc2ccc3c(c2)C2=NCCCCN2C=N3)c1C#N. The number of fused-ring (bicyclic) bond motifs is 3. The Bertz CT molecular complexity index is 995. The van der Waals surface area contributed by atoms with Crippen LogP contribution in [0.4, 0.5) is 11.4 Å². The molecule has 0 amide bonds. The predicted octanol–water partition coefficient (Wildman–Crippen LogP) is 5.34. The minimum Gasteiger partial charge on any atom is -0.456 e. The van der Waals surface area contributed by atoms with Crippen LogP contribution in [0.5, 0.6) is 11.5 Å². The van der Waals surface area contributed by atoms with Crippen LogP contribution in [-0.2, 0) is 0 Å². The van der Waals surface area contributed by atoms with Crippen molar-refractivity contribution in [2.24, 2.45) is 9.98 Å². The van der Waals surface area contributed by atoms with Crippen LogP contribution in [0.2, 0.25) is 0 Å². The van der Waals surface area contributed by atoms with E-state index in [1.165, 1.54) is 0 Å². The molecular formula is C22H23N5OS. The molecule has 0 bridgehead atoms. The molecule has 0 spiro atoms. The summed E-state index contributed by atoms with van der Waals surface area (Å²) in [6, 6.07) is 13.7. The van der Waals surface area contributed by atoms with Gasteiger partial charge in [-0.3, -0.25) is 4.99 Å². The summed E-state index contributed by atoms with van der Waals surface area (Å²) in [4.78, 5) is 11.4. The highest BCUT2D eigenvalue weighted by Crippen LogP contribution is 2.35. The first-order chi connectivity index (χ1) is 14.3. The highest BCUT2D eigenvalue weighted by atomic mass is 32.2. The van der Waals surface area contributed by atoms with E-state index in [0.29, 0.717) is 17.1 Å². The van der Waals surface area contributed by atoms with Crippen LogP contribution in [-0.4, -0.2) is 35.9 Å².